The molecule has 2 rings (SSSR count). The van der Waals surface area contributed by atoms with E-state index >= 15 is 0 Å². The lowest BCUT2D eigenvalue weighted by Crippen LogP contribution is -2.00. The van der Waals surface area contributed by atoms with E-state index in [2.05, 4.69) is 17.0 Å². The van der Waals surface area contributed by atoms with Gasteiger partial charge in [0.2, 0.25) is 0 Å². The van der Waals surface area contributed by atoms with Gasteiger partial charge in [-0.15, -0.1) is 0 Å². The number of pyridine rings is 1. The smallest absolute Gasteiger partial charge is 0.336 e. The van der Waals surface area contributed by atoms with Crippen molar-refractivity contribution in [1.82, 2.24) is 14.8 Å². The highest BCUT2D eigenvalue weighted by Crippen LogP contribution is 2.25. The van der Waals surface area contributed by atoms with E-state index in [1.165, 1.54) is 12.3 Å². The Hall–Kier alpha value is -2.17. The number of carboxylic acid groups (broad SMARTS) is 1. The molecule has 5 heteroatoms. The van der Waals surface area contributed by atoms with E-state index in [1.807, 2.05) is 17.8 Å². The van der Waals surface area contributed by atoms with Gasteiger partial charge < -0.3 is 5.11 Å². The minimum absolute atomic E-state index is 0.254. The van der Waals surface area contributed by atoms with E-state index < -0.39 is 5.97 Å². The molecular formula is C13H15N3O2. The molecule has 0 atom stereocenters. The minimum Gasteiger partial charge on any atom is -0.478 e. The highest BCUT2D eigenvalue weighted by Gasteiger charge is 2.15. The molecular weight excluding hydrogens is 230 g/mol. The van der Waals surface area contributed by atoms with Gasteiger partial charge in [0.25, 0.3) is 0 Å². The molecule has 0 aliphatic heterocycles. The number of carbonyl (C=O) groups is 1. The van der Waals surface area contributed by atoms with Crippen LogP contribution in [0.4, 0.5) is 0 Å². The Kier molecular flexibility index (Phi) is 3.41. The summed E-state index contributed by atoms with van der Waals surface area (Å²) in [5.41, 5.74) is 2.52. The Labute approximate surface area is 105 Å². The van der Waals surface area contributed by atoms with Gasteiger partial charge in [0.1, 0.15) is 0 Å². The van der Waals surface area contributed by atoms with Crippen molar-refractivity contribution in [2.45, 2.75) is 26.8 Å². The fourth-order valence-corrected chi connectivity index (χ4v) is 1.92. The molecule has 1 N–H and O–H groups in total. The van der Waals surface area contributed by atoms with Crippen molar-refractivity contribution in [3.05, 3.63) is 35.9 Å². The second-order valence-corrected chi connectivity index (χ2v) is 4.12. The van der Waals surface area contributed by atoms with E-state index in [9.17, 15) is 9.90 Å². The van der Waals surface area contributed by atoms with Crippen LogP contribution in [-0.2, 0) is 6.54 Å². The molecule has 2 aromatic heterocycles. The highest BCUT2D eigenvalue weighted by atomic mass is 16.4. The van der Waals surface area contributed by atoms with Crippen LogP contribution in [0.25, 0.3) is 11.1 Å². The van der Waals surface area contributed by atoms with Crippen molar-refractivity contribution >= 4 is 5.97 Å². The molecule has 0 saturated carbocycles. The summed E-state index contributed by atoms with van der Waals surface area (Å²) in [6, 6.07) is 1.51. The zero-order chi connectivity index (χ0) is 13.1. The molecule has 0 radical (unpaired) electrons. The molecule has 0 aliphatic rings. The average molecular weight is 245 g/mol. The summed E-state index contributed by atoms with van der Waals surface area (Å²) in [6.07, 6.45) is 5.92. The molecule has 2 aromatic rings. The zero-order valence-electron chi connectivity index (χ0n) is 10.4. The molecule has 94 valence electrons. The van der Waals surface area contributed by atoms with Crippen LogP contribution in [0.15, 0.2) is 24.7 Å². The molecule has 0 aromatic carbocycles. The molecule has 0 amide bonds. The van der Waals surface area contributed by atoms with Crippen LogP contribution >= 0.6 is 0 Å². The number of hydrogen-bond donors (Lipinski definition) is 1. The van der Waals surface area contributed by atoms with Crippen molar-refractivity contribution in [2.24, 2.45) is 0 Å². The van der Waals surface area contributed by atoms with Gasteiger partial charge in [0, 0.05) is 36.3 Å². The Morgan fingerprint density at radius 1 is 1.44 bits per heavy atom. The topological polar surface area (TPSA) is 68.0 Å². The number of carboxylic acids is 1. The quantitative estimate of drug-likeness (QED) is 0.897. The van der Waals surface area contributed by atoms with Crippen LogP contribution in [0.1, 0.15) is 29.4 Å². The Morgan fingerprint density at radius 3 is 2.89 bits per heavy atom. The number of nitrogens with zero attached hydrogens (tertiary/aromatic N) is 3. The normalized spacial score (nSPS) is 10.6. The SMILES string of the molecule is CCCn1cc(-c2cnccc2C(=O)O)c(C)n1. The zero-order valence-corrected chi connectivity index (χ0v) is 10.4. The third-order valence-electron chi connectivity index (χ3n) is 2.74. The van der Waals surface area contributed by atoms with Crippen LogP contribution in [-0.4, -0.2) is 25.8 Å². The molecule has 5 nitrogen and oxygen atoms in total. The van der Waals surface area contributed by atoms with Gasteiger partial charge in [-0.3, -0.25) is 9.67 Å². The highest BCUT2D eigenvalue weighted by molar-refractivity contribution is 5.95. The maximum Gasteiger partial charge on any atom is 0.336 e. The first-order valence-corrected chi connectivity index (χ1v) is 5.85. The lowest BCUT2D eigenvalue weighted by Gasteiger charge is -2.03. The predicted octanol–water partition coefficient (Wildman–Crippen LogP) is 2.36. The van der Waals surface area contributed by atoms with Gasteiger partial charge in [-0.1, -0.05) is 6.92 Å². The lowest BCUT2D eigenvalue weighted by atomic mass is 10.0. The van der Waals surface area contributed by atoms with Crippen molar-refractivity contribution in [3.63, 3.8) is 0 Å². The Balaban J connectivity index is 2.51. The second-order valence-electron chi connectivity index (χ2n) is 4.12. The average Bonchev–Trinajstić information content (AvgIpc) is 2.70. The number of aromatic carboxylic acids is 1. The number of rotatable bonds is 4. The van der Waals surface area contributed by atoms with Crippen molar-refractivity contribution in [1.29, 1.82) is 0 Å². The minimum atomic E-state index is -0.949. The lowest BCUT2D eigenvalue weighted by molar-refractivity contribution is 0.0697. The maximum atomic E-state index is 11.2. The van der Waals surface area contributed by atoms with Crippen LogP contribution in [0.3, 0.4) is 0 Å². The molecule has 18 heavy (non-hydrogen) atoms. The molecule has 0 fully saturated rings. The van der Waals surface area contributed by atoms with Gasteiger partial charge >= 0.3 is 5.97 Å². The van der Waals surface area contributed by atoms with Crippen LogP contribution in [0.2, 0.25) is 0 Å². The predicted molar refractivity (Wildman–Crippen MR) is 67.4 cm³/mol. The molecule has 0 saturated heterocycles. The fraction of sp³-hybridized carbons (Fsp3) is 0.308. The maximum absolute atomic E-state index is 11.2. The fourth-order valence-electron chi connectivity index (χ4n) is 1.92. The monoisotopic (exact) mass is 245 g/mol. The third kappa shape index (κ3) is 2.25. The molecule has 2 heterocycles. The van der Waals surface area contributed by atoms with Crippen molar-refractivity contribution in [2.75, 3.05) is 0 Å². The van der Waals surface area contributed by atoms with Crippen LogP contribution in [0, 0.1) is 6.92 Å². The van der Waals surface area contributed by atoms with Gasteiger partial charge in [0.05, 0.1) is 11.3 Å². The summed E-state index contributed by atoms with van der Waals surface area (Å²) >= 11 is 0. The van der Waals surface area contributed by atoms with Crippen LogP contribution in [0.5, 0.6) is 0 Å². The van der Waals surface area contributed by atoms with E-state index in [1.54, 1.807) is 6.20 Å². The number of aryl methyl sites for hydroxylation is 2. The molecule has 0 spiro atoms. The summed E-state index contributed by atoms with van der Waals surface area (Å²) in [7, 11) is 0. The van der Waals surface area contributed by atoms with Gasteiger partial charge in [-0.2, -0.15) is 5.10 Å². The Morgan fingerprint density at radius 2 is 2.22 bits per heavy atom. The van der Waals surface area contributed by atoms with Crippen LogP contribution < -0.4 is 0 Å². The summed E-state index contributed by atoms with van der Waals surface area (Å²) in [5.74, 6) is -0.949. The summed E-state index contributed by atoms with van der Waals surface area (Å²) in [5, 5.41) is 13.5. The van der Waals surface area contributed by atoms with E-state index in [4.69, 9.17) is 0 Å². The molecule has 0 unspecified atom stereocenters. The molecule has 0 aliphatic carbocycles. The Bertz CT molecular complexity index is 575. The first-order valence-electron chi connectivity index (χ1n) is 5.85. The van der Waals surface area contributed by atoms with Crippen molar-refractivity contribution < 1.29 is 9.90 Å². The summed E-state index contributed by atoms with van der Waals surface area (Å²) < 4.78 is 1.84. The van der Waals surface area contributed by atoms with Gasteiger partial charge in [-0.25, -0.2) is 4.79 Å². The first-order chi connectivity index (χ1) is 8.63. The van der Waals surface area contributed by atoms with Crippen molar-refractivity contribution in [3.8, 4) is 11.1 Å². The van der Waals surface area contributed by atoms with E-state index in [0.717, 1.165) is 24.2 Å². The first kappa shape index (κ1) is 12.3. The van der Waals surface area contributed by atoms with E-state index in [-0.39, 0.29) is 5.56 Å². The standard InChI is InChI=1S/C13H15N3O2/c1-3-6-16-8-12(9(2)15-16)11-7-14-5-4-10(11)13(17)18/h4-5,7-8H,3,6H2,1-2H3,(H,17,18). The largest absolute Gasteiger partial charge is 0.478 e. The third-order valence-corrected chi connectivity index (χ3v) is 2.74. The van der Waals surface area contributed by atoms with Gasteiger partial charge in [0.15, 0.2) is 0 Å². The van der Waals surface area contributed by atoms with Gasteiger partial charge in [-0.05, 0) is 19.4 Å². The number of aromatic nitrogens is 3. The molecule has 0 bridgehead atoms. The number of hydrogen-bond acceptors (Lipinski definition) is 3. The summed E-state index contributed by atoms with van der Waals surface area (Å²) in [4.78, 5) is 15.2. The second kappa shape index (κ2) is 5.00. The summed E-state index contributed by atoms with van der Waals surface area (Å²) in [6.45, 7) is 4.77. The van der Waals surface area contributed by atoms with E-state index in [0.29, 0.717) is 5.56 Å².